The normalized spacial score (nSPS) is 20.1. The third-order valence-electron chi connectivity index (χ3n) is 9.09. The monoisotopic (exact) mass is 573 g/mol. The van der Waals surface area contributed by atoms with Gasteiger partial charge in [0.1, 0.15) is 0 Å². The van der Waals surface area contributed by atoms with Gasteiger partial charge in [0, 0.05) is 18.4 Å². The van der Waals surface area contributed by atoms with Crippen LogP contribution in [0.15, 0.2) is 60.7 Å². The van der Waals surface area contributed by atoms with E-state index < -0.39 is 14.3 Å². The van der Waals surface area contributed by atoms with E-state index in [0.717, 1.165) is 37.3 Å². The minimum absolute atomic E-state index is 0.0448. The second-order valence-corrected chi connectivity index (χ2v) is 18.1. The van der Waals surface area contributed by atoms with Crippen molar-refractivity contribution in [2.24, 2.45) is 11.8 Å². The molecule has 2 saturated carbocycles. The average Bonchev–Trinajstić information content (AvgIpc) is 3.66. The summed E-state index contributed by atoms with van der Waals surface area (Å²) in [5.41, 5.74) is 2.10. The van der Waals surface area contributed by atoms with Crippen LogP contribution in [0.2, 0.25) is 5.04 Å². The third-order valence-corrected chi connectivity index (χ3v) is 14.1. The molecule has 2 fully saturated rings. The van der Waals surface area contributed by atoms with Gasteiger partial charge in [0.15, 0.2) is 0 Å². The molecule has 2 aliphatic rings. The Hall–Kier alpha value is -2.77. The lowest BCUT2D eigenvalue weighted by atomic mass is 9.75. The summed E-state index contributed by atoms with van der Waals surface area (Å²) in [6.45, 7) is 11.9. The number of nitrogens with zero attached hydrogens (tertiary/aromatic N) is 3. The SMILES string of the molecule is CC(C)CC1CC(n2nnc(C(CCO[Si](c3ccccc3)(c3ccccc3)C(C)(C)C)CC(=O)O)c2C2CC2)C1. The zero-order valence-corrected chi connectivity index (χ0v) is 26.4. The van der Waals surface area contributed by atoms with E-state index in [9.17, 15) is 9.90 Å². The fraction of sp³-hybridized carbons (Fsp3) is 0.559. The predicted molar refractivity (Wildman–Crippen MR) is 166 cm³/mol. The number of benzene rings is 2. The Balaban J connectivity index is 1.41. The first kappa shape index (κ1) is 29.7. The number of hydrogen-bond acceptors (Lipinski definition) is 4. The molecule has 0 amide bonds. The quantitative estimate of drug-likeness (QED) is 0.231. The molecule has 0 spiro atoms. The van der Waals surface area contributed by atoms with Crippen LogP contribution in [0, 0.1) is 11.8 Å². The van der Waals surface area contributed by atoms with Crippen molar-refractivity contribution in [3.05, 3.63) is 72.1 Å². The second kappa shape index (κ2) is 12.2. The van der Waals surface area contributed by atoms with Gasteiger partial charge in [-0.25, -0.2) is 4.68 Å². The van der Waals surface area contributed by atoms with Crippen molar-refractivity contribution < 1.29 is 14.3 Å². The Morgan fingerprint density at radius 3 is 2.10 bits per heavy atom. The molecule has 7 heteroatoms. The van der Waals surface area contributed by atoms with Gasteiger partial charge in [0.25, 0.3) is 8.32 Å². The van der Waals surface area contributed by atoms with E-state index in [4.69, 9.17) is 9.52 Å². The Morgan fingerprint density at radius 1 is 1.02 bits per heavy atom. The zero-order chi connectivity index (χ0) is 29.2. The van der Waals surface area contributed by atoms with Gasteiger partial charge in [0.05, 0.1) is 23.9 Å². The summed E-state index contributed by atoms with van der Waals surface area (Å²) in [7, 11) is -2.70. The maximum atomic E-state index is 12.1. The Bertz CT molecular complexity index is 1250. The average molecular weight is 574 g/mol. The van der Waals surface area contributed by atoms with E-state index in [1.807, 2.05) is 0 Å². The van der Waals surface area contributed by atoms with Crippen LogP contribution >= 0.6 is 0 Å². The molecular weight excluding hydrogens is 526 g/mol. The molecule has 1 unspecified atom stereocenters. The van der Waals surface area contributed by atoms with Crippen LogP contribution < -0.4 is 10.4 Å². The molecule has 5 rings (SSSR count). The van der Waals surface area contributed by atoms with Crippen molar-refractivity contribution >= 4 is 24.7 Å². The topological polar surface area (TPSA) is 77.2 Å². The van der Waals surface area contributed by atoms with E-state index in [1.165, 1.54) is 22.5 Å². The lowest BCUT2D eigenvalue weighted by Crippen LogP contribution is -2.66. The highest BCUT2D eigenvalue weighted by Gasteiger charge is 2.50. The molecule has 1 aromatic heterocycles. The number of aliphatic carboxylic acids is 1. The van der Waals surface area contributed by atoms with Crippen LogP contribution in [0.3, 0.4) is 0 Å². The molecule has 6 nitrogen and oxygen atoms in total. The molecular formula is C34H47N3O3Si. The number of rotatable bonds is 13. The van der Waals surface area contributed by atoms with Crippen molar-refractivity contribution in [1.29, 1.82) is 0 Å². The summed E-state index contributed by atoms with van der Waals surface area (Å²) in [4.78, 5) is 12.1. The molecule has 1 atom stereocenters. The van der Waals surface area contributed by atoms with Crippen LogP contribution in [0.1, 0.15) is 109 Å². The van der Waals surface area contributed by atoms with Gasteiger partial charge in [-0.15, -0.1) is 5.10 Å². The minimum Gasteiger partial charge on any atom is -0.481 e. The van der Waals surface area contributed by atoms with Gasteiger partial charge in [-0.3, -0.25) is 4.79 Å². The molecule has 2 aromatic carbocycles. The maximum absolute atomic E-state index is 12.1. The van der Waals surface area contributed by atoms with E-state index in [2.05, 4.69) is 105 Å². The largest absolute Gasteiger partial charge is 0.481 e. The number of hydrogen-bond donors (Lipinski definition) is 1. The number of carboxylic acid groups (broad SMARTS) is 1. The third kappa shape index (κ3) is 6.36. The maximum Gasteiger partial charge on any atom is 0.304 e. The molecule has 41 heavy (non-hydrogen) atoms. The highest BCUT2D eigenvalue weighted by atomic mass is 28.4. The van der Waals surface area contributed by atoms with Gasteiger partial charge < -0.3 is 9.53 Å². The smallest absolute Gasteiger partial charge is 0.304 e. The minimum atomic E-state index is -2.70. The summed E-state index contributed by atoms with van der Waals surface area (Å²) in [6, 6.07) is 21.6. The van der Waals surface area contributed by atoms with Crippen molar-refractivity contribution in [2.75, 3.05) is 6.61 Å². The Kier molecular flexibility index (Phi) is 8.86. The number of aromatic nitrogens is 3. The van der Waals surface area contributed by atoms with Gasteiger partial charge in [-0.2, -0.15) is 0 Å². The lowest BCUT2D eigenvalue weighted by molar-refractivity contribution is -0.137. The van der Waals surface area contributed by atoms with Gasteiger partial charge >= 0.3 is 5.97 Å². The highest BCUT2D eigenvalue weighted by Crippen LogP contribution is 2.48. The van der Waals surface area contributed by atoms with Crippen LogP contribution in [-0.4, -0.2) is 41.0 Å². The van der Waals surface area contributed by atoms with Gasteiger partial charge in [0.2, 0.25) is 0 Å². The number of carbonyl (C=O) groups is 1. The first-order chi connectivity index (χ1) is 19.6. The Morgan fingerprint density at radius 2 is 1.61 bits per heavy atom. The van der Waals surface area contributed by atoms with Crippen molar-refractivity contribution in [3.8, 4) is 0 Å². The predicted octanol–water partition coefficient (Wildman–Crippen LogP) is 6.68. The van der Waals surface area contributed by atoms with E-state index in [1.54, 1.807) is 0 Å². The van der Waals surface area contributed by atoms with Crippen LogP contribution in [-0.2, 0) is 9.22 Å². The summed E-state index contributed by atoms with van der Waals surface area (Å²) < 4.78 is 9.33. The summed E-state index contributed by atoms with van der Waals surface area (Å²) in [5, 5.41) is 21.7. The lowest BCUT2D eigenvalue weighted by Gasteiger charge is -2.43. The molecule has 0 saturated heterocycles. The second-order valence-electron chi connectivity index (χ2n) is 13.8. The molecule has 0 radical (unpaired) electrons. The van der Waals surface area contributed by atoms with Crippen molar-refractivity contribution in [2.45, 2.75) is 102 Å². The summed E-state index contributed by atoms with van der Waals surface area (Å²) in [6.07, 6.45) is 6.50. The highest BCUT2D eigenvalue weighted by molar-refractivity contribution is 6.99. The fourth-order valence-corrected chi connectivity index (χ4v) is 11.6. The number of carboxylic acids is 1. The Labute approximate surface area is 246 Å². The van der Waals surface area contributed by atoms with E-state index in [-0.39, 0.29) is 17.4 Å². The van der Waals surface area contributed by atoms with Crippen LogP contribution in [0.25, 0.3) is 0 Å². The first-order valence-electron chi connectivity index (χ1n) is 15.5. The fourth-order valence-electron chi connectivity index (χ4n) is 7.05. The summed E-state index contributed by atoms with van der Waals surface area (Å²) >= 11 is 0. The summed E-state index contributed by atoms with van der Waals surface area (Å²) in [5.74, 6) is 0.914. The molecule has 3 aromatic rings. The molecule has 1 heterocycles. The molecule has 1 N–H and O–H groups in total. The molecule has 2 aliphatic carbocycles. The molecule has 220 valence electrons. The first-order valence-corrected chi connectivity index (χ1v) is 17.4. The van der Waals surface area contributed by atoms with E-state index in [0.29, 0.717) is 30.9 Å². The van der Waals surface area contributed by atoms with Gasteiger partial charge in [-0.05, 0) is 65.8 Å². The molecule has 0 bridgehead atoms. The molecule has 0 aliphatic heterocycles. The van der Waals surface area contributed by atoms with E-state index >= 15 is 0 Å². The van der Waals surface area contributed by atoms with Crippen molar-refractivity contribution in [1.82, 2.24) is 15.0 Å². The standard InChI is InChI=1S/C34H47N3O3Si/c1-24(2)20-25-21-28(22-25)37-33(26-16-17-26)32(35-36-37)27(23-31(38)39)18-19-40-41(34(3,4)5,29-12-8-6-9-13-29)30-14-10-7-11-15-30/h6-15,24-28H,16-23H2,1-5H3,(H,38,39). The van der Waals surface area contributed by atoms with Crippen LogP contribution in [0.5, 0.6) is 0 Å². The van der Waals surface area contributed by atoms with Crippen molar-refractivity contribution in [3.63, 3.8) is 0 Å². The zero-order valence-electron chi connectivity index (χ0n) is 25.4. The van der Waals surface area contributed by atoms with Crippen LogP contribution in [0.4, 0.5) is 0 Å². The van der Waals surface area contributed by atoms with Gasteiger partial charge in [-0.1, -0.05) is 100 Å².